The number of pyridine rings is 1. The van der Waals surface area contributed by atoms with E-state index in [1.807, 2.05) is 0 Å². The summed E-state index contributed by atoms with van der Waals surface area (Å²) in [6, 6.07) is 4.74. The number of fused-ring (bicyclic) bond motifs is 1. The van der Waals surface area contributed by atoms with Crippen molar-refractivity contribution >= 4 is 27.2 Å². The topological polar surface area (TPSA) is 108 Å². The van der Waals surface area contributed by atoms with Gasteiger partial charge in [-0.15, -0.1) is 5.10 Å². The van der Waals surface area contributed by atoms with Crippen LogP contribution in [-0.4, -0.2) is 45.9 Å². The number of halogens is 1. The largest absolute Gasteiger partial charge is 0.378 e. The van der Waals surface area contributed by atoms with Crippen LogP contribution in [-0.2, 0) is 27.7 Å². The van der Waals surface area contributed by atoms with E-state index in [0.29, 0.717) is 10.8 Å². The second-order valence-corrected chi connectivity index (χ2v) is 7.66. The van der Waals surface area contributed by atoms with Crippen LogP contribution in [0, 0.1) is 0 Å². The third-order valence-electron chi connectivity index (χ3n) is 3.41. The molecule has 0 bridgehead atoms. The van der Waals surface area contributed by atoms with Crippen LogP contribution < -0.4 is 5.56 Å². The summed E-state index contributed by atoms with van der Waals surface area (Å²) in [5.74, 6) is 0.106. The number of ether oxygens (including phenoxy) is 1. The first-order valence-electron chi connectivity index (χ1n) is 7.08. The lowest BCUT2D eigenvalue weighted by molar-refractivity contribution is 0.177. The normalized spacial score (nSPS) is 12.0. The second kappa shape index (κ2) is 6.54. The minimum atomic E-state index is -3.66. The first-order valence-corrected chi connectivity index (χ1v) is 9.35. The van der Waals surface area contributed by atoms with E-state index in [1.54, 1.807) is 22.9 Å². The van der Waals surface area contributed by atoms with Crippen LogP contribution in [0.4, 0.5) is 0 Å². The van der Waals surface area contributed by atoms with E-state index in [4.69, 9.17) is 16.3 Å². The number of rotatable bonds is 5. The maximum absolute atomic E-state index is 12.2. The molecule has 3 rings (SSSR count). The summed E-state index contributed by atoms with van der Waals surface area (Å²) >= 11 is 5.79. The quantitative estimate of drug-likeness (QED) is 0.591. The van der Waals surface area contributed by atoms with Gasteiger partial charge in [0.2, 0.25) is 15.6 Å². The molecule has 0 radical (unpaired) electrons. The molecule has 3 aromatic heterocycles. The van der Waals surface area contributed by atoms with Gasteiger partial charge in [0.1, 0.15) is 5.15 Å². The molecular weight excluding hydrogens is 370 g/mol. The summed E-state index contributed by atoms with van der Waals surface area (Å²) in [5, 5.41) is 3.75. The fraction of sp³-hybridized carbons (Fsp3) is 0.286. The minimum absolute atomic E-state index is 0.106. The average Bonchev–Trinajstić information content (AvgIpc) is 2.99. The highest BCUT2D eigenvalue weighted by atomic mass is 35.5. The van der Waals surface area contributed by atoms with E-state index in [-0.39, 0.29) is 18.9 Å². The van der Waals surface area contributed by atoms with Crippen molar-refractivity contribution in [3.05, 3.63) is 51.2 Å². The molecule has 0 unspecified atom stereocenters. The third-order valence-corrected chi connectivity index (χ3v) is 4.47. The Labute approximate surface area is 147 Å². The van der Waals surface area contributed by atoms with Crippen LogP contribution in [0.1, 0.15) is 11.3 Å². The minimum Gasteiger partial charge on any atom is -0.378 e. The molecule has 3 heterocycles. The van der Waals surface area contributed by atoms with Crippen LogP contribution in [0.5, 0.6) is 0 Å². The standard InChI is InChI=1S/C14H14ClN5O4S/c1-24-8-10-5-12(21)20-14(17-13(18-20)25(2,22)23)19(10)7-9-3-4-11(15)16-6-9/h3-6H,7-8H2,1-2H3. The van der Waals surface area contributed by atoms with Crippen LogP contribution in [0.2, 0.25) is 5.15 Å². The van der Waals surface area contributed by atoms with Gasteiger partial charge in [0.25, 0.3) is 10.7 Å². The van der Waals surface area contributed by atoms with E-state index in [0.717, 1.165) is 16.3 Å². The Balaban J connectivity index is 2.23. The maximum atomic E-state index is 12.2. The molecule has 9 nitrogen and oxygen atoms in total. The van der Waals surface area contributed by atoms with E-state index < -0.39 is 20.6 Å². The number of methoxy groups -OCH3 is 1. The van der Waals surface area contributed by atoms with Crippen molar-refractivity contribution in [2.45, 2.75) is 18.3 Å². The molecular formula is C14H14ClN5O4S. The molecule has 0 fully saturated rings. The van der Waals surface area contributed by atoms with Gasteiger partial charge in [-0.05, 0) is 11.6 Å². The van der Waals surface area contributed by atoms with Crippen LogP contribution in [0.15, 0.2) is 34.3 Å². The Bertz CT molecular complexity index is 1090. The number of hydrogen-bond acceptors (Lipinski definition) is 7. The van der Waals surface area contributed by atoms with E-state index >= 15 is 0 Å². The van der Waals surface area contributed by atoms with Gasteiger partial charge in [0, 0.05) is 25.6 Å². The molecule has 25 heavy (non-hydrogen) atoms. The molecule has 0 aliphatic rings. The number of hydrogen-bond donors (Lipinski definition) is 0. The van der Waals surface area contributed by atoms with E-state index in [9.17, 15) is 13.2 Å². The molecule has 0 aliphatic heterocycles. The Hall–Kier alpha value is -2.30. The van der Waals surface area contributed by atoms with Gasteiger partial charge >= 0.3 is 0 Å². The zero-order valence-corrected chi connectivity index (χ0v) is 15.0. The smallest absolute Gasteiger partial charge is 0.276 e. The SMILES string of the molecule is COCc1cc(=O)n2nc(S(C)(=O)=O)nc2n1Cc1ccc(Cl)nc1. The number of sulfone groups is 1. The number of aromatic nitrogens is 5. The Morgan fingerprint density at radius 3 is 2.68 bits per heavy atom. The molecule has 0 spiro atoms. The van der Waals surface area contributed by atoms with Gasteiger partial charge < -0.3 is 9.30 Å². The maximum Gasteiger partial charge on any atom is 0.276 e. The highest BCUT2D eigenvalue weighted by molar-refractivity contribution is 7.90. The van der Waals surface area contributed by atoms with Gasteiger partial charge in [0.05, 0.1) is 18.8 Å². The third kappa shape index (κ3) is 3.55. The first kappa shape index (κ1) is 17.5. The predicted octanol–water partition coefficient (Wildman–Crippen LogP) is 0.538. The van der Waals surface area contributed by atoms with E-state index in [2.05, 4.69) is 15.1 Å². The van der Waals surface area contributed by atoms with Gasteiger partial charge in [0.15, 0.2) is 0 Å². The zero-order valence-electron chi connectivity index (χ0n) is 13.4. The van der Waals surface area contributed by atoms with Crippen molar-refractivity contribution < 1.29 is 13.2 Å². The van der Waals surface area contributed by atoms with Crippen molar-refractivity contribution in [3.8, 4) is 0 Å². The van der Waals surface area contributed by atoms with Crippen molar-refractivity contribution in [3.63, 3.8) is 0 Å². The lowest BCUT2D eigenvalue weighted by Crippen LogP contribution is -2.22. The first-order chi connectivity index (χ1) is 11.8. The second-order valence-electron chi connectivity index (χ2n) is 5.36. The van der Waals surface area contributed by atoms with Crippen molar-refractivity contribution in [1.29, 1.82) is 0 Å². The lowest BCUT2D eigenvalue weighted by Gasteiger charge is -2.13. The van der Waals surface area contributed by atoms with Crippen molar-refractivity contribution in [1.82, 2.24) is 24.1 Å². The van der Waals surface area contributed by atoms with Gasteiger partial charge in [-0.3, -0.25) is 4.79 Å². The van der Waals surface area contributed by atoms with Gasteiger partial charge in [-0.2, -0.15) is 9.50 Å². The van der Waals surface area contributed by atoms with Crippen molar-refractivity contribution in [2.75, 3.05) is 13.4 Å². The summed E-state index contributed by atoms with van der Waals surface area (Å²) in [6.45, 7) is 0.433. The molecule has 0 aromatic carbocycles. The summed E-state index contributed by atoms with van der Waals surface area (Å²) in [7, 11) is -2.16. The molecule has 0 aliphatic carbocycles. The Morgan fingerprint density at radius 1 is 1.32 bits per heavy atom. The zero-order chi connectivity index (χ0) is 18.2. The molecule has 132 valence electrons. The molecule has 0 N–H and O–H groups in total. The van der Waals surface area contributed by atoms with Gasteiger partial charge in [-0.1, -0.05) is 17.7 Å². The molecule has 0 amide bonds. The Kier molecular flexibility index (Phi) is 4.58. The fourth-order valence-corrected chi connectivity index (χ4v) is 2.89. The Morgan fingerprint density at radius 2 is 2.08 bits per heavy atom. The molecule has 0 saturated heterocycles. The van der Waals surface area contributed by atoms with Crippen LogP contribution in [0.3, 0.4) is 0 Å². The predicted molar refractivity (Wildman–Crippen MR) is 89.4 cm³/mol. The summed E-state index contributed by atoms with van der Waals surface area (Å²) in [5.41, 5.74) is 0.827. The summed E-state index contributed by atoms with van der Waals surface area (Å²) in [6.07, 6.45) is 2.57. The van der Waals surface area contributed by atoms with E-state index in [1.165, 1.54) is 13.2 Å². The van der Waals surface area contributed by atoms with Crippen molar-refractivity contribution in [2.24, 2.45) is 0 Å². The highest BCUT2D eigenvalue weighted by Crippen LogP contribution is 2.13. The fourth-order valence-electron chi connectivity index (χ4n) is 2.30. The molecule has 0 atom stereocenters. The number of nitrogens with zero attached hydrogens (tertiary/aromatic N) is 5. The average molecular weight is 384 g/mol. The summed E-state index contributed by atoms with van der Waals surface area (Å²) < 4.78 is 31.2. The van der Waals surface area contributed by atoms with Crippen LogP contribution in [0.25, 0.3) is 5.78 Å². The lowest BCUT2D eigenvalue weighted by atomic mass is 10.2. The summed E-state index contributed by atoms with van der Waals surface area (Å²) in [4.78, 5) is 20.3. The highest BCUT2D eigenvalue weighted by Gasteiger charge is 2.19. The molecule has 11 heteroatoms. The monoisotopic (exact) mass is 383 g/mol. The molecule has 3 aromatic rings. The van der Waals surface area contributed by atoms with Gasteiger partial charge in [-0.25, -0.2) is 13.4 Å². The molecule has 0 saturated carbocycles. The van der Waals surface area contributed by atoms with Crippen LogP contribution >= 0.6 is 11.6 Å².